The zero-order chi connectivity index (χ0) is 8.72. The Labute approximate surface area is 69.8 Å². The average molecular weight is 170 g/mol. The average Bonchev–Trinajstić information content (AvgIpc) is 2.81. The molecule has 1 N–H and O–H groups in total. The van der Waals surface area contributed by atoms with E-state index in [1.54, 1.807) is 0 Å². The maximum Gasteiger partial charge on any atom is 0.331 e. The smallest absolute Gasteiger partial charge is 0.331 e. The second kappa shape index (κ2) is 2.57. The Balaban J connectivity index is 2.04. The Hall–Kier alpha value is -0.870. The van der Waals surface area contributed by atoms with Crippen LogP contribution in [0, 0.1) is 5.92 Å². The van der Waals surface area contributed by atoms with Gasteiger partial charge < -0.3 is 14.6 Å². The first-order valence-corrected chi connectivity index (χ1v) is 3.85. The van der Waals surface area contributed by atoms with E-state index in [4.69, 9.17) is 14.6 Å². The summed E-state index contributed by atoms with van der Waals surface area (Å²) in [6.45, 7) is 4.79. The quantitative estimate of drug-likeness (QED) is 0.478. The van der Waals surface area contributed by atoms with Crippen molar-refractivity contribution in [1.29, 1.82) is 0 Å². The molecule has 2 rings (SSSR count). The van der Waals surface area contributed by atoms with Crippen LogP contribution in [0.3, 0.4) is 0 Å². The van der Waals surface area contributed by atoms with Crippen molar-refractivity contribution in [2.45, 2.75) is 12.2 Å². The van der Waals surface area contributed by atoms with Crippen LogP contribution in [0.15, 0.2) is 12.2 Å². The van der Waals surface area contributed by atoms with Crippen molar-refractivity contribution in [1.82, 2.24) is 0 Å². The van der Waals surface area contributed by atoms with Crippen molar-refractivity contribution in [3.63, 3.8) is 0 Å². The lowest BCUT2D eigenvalue weighted by Crippen LogP contribution is -2.22. The zero-order valence-electron chi connectivity index (χ0n) is 6.53. The van der Waals surface area contributed by atoms with E-state index in [0.717, 1.165) is 0 Å². The summed E-state index contributed by atoms with van der Waals surface area (Å²) in [7, 11) is 0. The molecule has 4 heteroatoms. The highest BCUT2D eigenvalue weighted by Gasteiger charge is 2.47. The fourth-order valence-corrected chi connectivity index (χ4v) is 1.36. The minimum atomic E-state index is -0.953. The first kappa shape index (κ1) is 7.76. The van der Waals surface area contributed by atoms with Crippen LogP contribution in [-0.2, 0) is 14.3 Å². The van der Waals surface area contributed by atoms with Gasteiger partial charge in [-0.1, -0.05) is 6.58 Å². The molecule has 4 nitrogen and oxygen atoms in total. The number of hydrogen-bond donors (Lipinski definition) is 1. The molecule has 2 unspecified atom stereocenters. The maximum absolute atomic E-state index is 10.6. The van der Waals surface area contributed by atoms with Crippen molar-refractivity contribution in [2.75, 3.05) is 13.2 Å². The highest BCUT2D eigenvalue weighted by Crippen LogP contribution is 2.35. The van der Waals surface area contributed by atoms with E-state index >= 15 is 0 Å². The molecule has 0 amide bonds. The van der Waals surface area contributed by atoms with Gasteiger partial charge in [-0.25, -0.2) is 4.79 Å². The molecule has 0 aromatic carbocycles. The van der Waals surface area contributed by atoms with Crippen LogP contribution in [0.25, 0.3) is 0 Å². The van der Waals surface area contributed by atoms with E-state index in [1.165, 1.54) is 0 Å². The monoisotopic (exact) mass is 170 g/mol. The minimum absolute atomic E-state index is 0.0288. The molecule has 2 fully saturated rings. The number of rotatable bonds is 4. The molecule has 12 heavy (non-hydrogen) atoms. The Kier molecular flexibility index (Phi) is 1.66. The minimum Gasteiger partial charge on any atom is -0.478 e. The number of aliphatic carboxylic acids is 1. The number of carboxylic acids is 1. The van der Waals surface area contributed by atoms with Gasteiger partial charge >= 0.3 is 5.97 Å². The molecule has 66 valence electrons. The number of carbonyl (C=O) groups is 1. The van der Waals surface area contributed by atoms with Crippen LogP contribution < -0.4 is 0 Å². The Morgan fingerprint density at radius 2 is 1.83 bits per heavy atom. The highest BCUT2D eigenvalue weighted by atomic mass is 16.6. The standard InChI is InChI=1S/C8H10O4/c1-4(8(9)10)7(5-2-11-5)6-3-12-6/h5-7H,1-3H2,(H,9,10). The fraction of sp³-hybridized carbons (Fsp3) is 0.625. The SMILES string of the molecule is C=C(C(=O)O)C(C1CO1)C1CO1. The molecule has 0 aliphatic carbocycles. The van der Waals surface area contributed by atoms with Gasteiger partial charge in [0, 0.05) is 11.5 Å². The fourth-order valence-electron chi connectivity index (χ4n) is 1.36. The van der Waals surface area contributed by atoms with Crippen molar-refractivity contribution in [3.05, 3.63) is 12.2 Å². The molecular weight excluding hydrogens is 160 g/mol. The van der Waals surface area contributed by atoms with Gasteiger partial charge in [-0.3, -0.25) is 0 Å². The second-order valence-electron chi connectivity index (χ2n) is 3.10. The van der Waals surface area contributed by atoms with E-state index < -0.39 is 5.97 Å². The molecule has 2 aliphatic rings. The largest absolute Gasteiger partial charge is 0.478 e. The predicted octanol–water partition coefficient (Wildman–Crippen LogP) is 0.0410. The molecular formula is C8H10O4. The first-order chi connectivity index (χ1) is 5.70. The van der Waals surface area contributed by atoms with Crippen molar-refractivity contribution >= 4 is 5.97 Å². The summed E-state index contributed by atoms with van der Waals surface area (Å²) >= 11 is 0. The third kappa shape index (κ3) is 1.35. The molecule has 0 aromatic heterocycles. The zero-order valence-corrected chi connectivity index (χ0v) is 6.53. The molecule has 2 heterocycles. The van der Waals surface area contributed by atoms with E-state index in [1.807, 2.05) is 0 Å². The van der Waals surface area contributed by atoms with Crippen LogP contribution in [0.5, 0.6) is 0 Å². The lowest BCUT2D eigenvalue weighted by molar-refractivity contribution is -0.133. The summed E-state index contributed by atoms with van der Waals surface area (Å²) < 4.78 is 10.1. The molecule has 0 aromatic rings. The summed E-state index contributed by atoms with van der Waals surface area (Å²) in [6, 6.07) is 0. The number of epoxide rings is 2. The molecule has 0 radical (unpaired) electrons. The Morgan fingerprint density at radius 3 is 2.08 bits per heavy atom. The summed E-state index contributed by atoms with van der Waals surface area (Å²) in [4.78, 5) is 10.6. The summed E-state index contributed by atoms with van der Waals surface area (Å²) in [6.07, 6.45) is 0.0576. The number of hydrogen-bond acceptors (Lipinski definition) is 3. The lowest BCUT2D eigenvalue weighted by Gasteiger charge is -2.10. The predicted molar refractivity (Wildman–Crippen MR) is 39.7 cm³/mol. The van der Waals surface area contributed by atoms with Crippen molar-refractivity contribution < 1.29 is 19.4 Å². The van der Waals surface area contributed by atoms with Crippen molar-refractivity contribution in [2.24, 2.45) is 5.92 Å². The van der Waals surface area contributed by atoms with Crippen molar-refractivity contribution in [3.8, 4) is 0 Å². The Bertz CT molecular complexity index is 215. The van der Waals surface area contributed by atoms with Gasteiger partial charge in [0.15, 0.2) is 0 Å². The van der Waals surface area contributed by atoms with Crippen LogP contribution in [0.2, 0.25) is 0 Å². The van der Waals surface area contributed by atoms with Gasteiger partial charge in [0.2, 0.25) is 0 Å². The van der Waals surface area contributed by atoms with E-state index in [-0.39, 0.29) is 23.7 Å². The third-order valence-electron chi connectivity index (χ3n) is 2.20. The number of ether oxygens (including phenoxy) is 2. The third-order valence-corrected chi connectivity index (χ3v) is 2.20. The van der Waals surface area contributed by atoms with Gasteiger partial charge in [0.25, 0.3) is 0 Å². The van der Waals surface area contributed by atoms with Gasteiger partial charge in [0.05, 0.1) is 25.4 Å². The van der Waals surface area contributed by atoms with Crippen LogP contribution in [-0.4, -0.2) is 36.5 Å². The normalized spacial score (nSPS) is 34.0. The van der Waals surface area contributed by atoms with E-state index in [9.17, 15) is 4.79 Å². The van der Waals surface area contributed by atoms with E-state index in [0.29, 0.717) is 13.2 Å². The molecule has 0 spiro atoms. The van der Waals surface area contributed by atoms with Crippen LogP contribution in [0.1, 0.15) is 0 Å². The van der Waals surface area contributed by atoms with Gasteiger partial charge in [0.1, 0.15) is 0 Å². The first-order valence-electron chi connectivity index (χ1n) is 3.85. The molecule has 0 bridgehead atoms. The summed E-state index contributed by atoms with van der Waals surface area (Å²) in [5, 5.41) is 8.70. The molecule has 2 atom stereocenters. The molecule has 2 aliphatic heterocycles. The van der Waals surface area contributed by atoms with Crippen LogP contribution in [0.4, 0.5) is 0 Å². The van der Waals surface area contributed by atoms with Crippen LogP contribution >= 0.6 is 0 Å². The molecule has 2 saturated heterocycles. The maximum atomic E-state index is 10.6. The van der Waals surface area contributed by atoms with Gasteiger partial charge in [-0.05, 0) is 0 Å². The van der Waals surface area contributed by atoms with Gasteiger partial charge in [-0.2, -0.15) is 0 Å². The lowest BCUT2D eigenvalue weighted by atomic mass is 9.94. The topological polar surface area (TPSA) is 62.4 Å². The van der Waals surface area contributed by atoms with Gasteiger partial charge in [-0.15, -0.1) is 0 Å². The highest BCUT2D eigenvalue weighted by molar-refractivity contribution is 5.86. The number of carboxylic acid groups (broad SMARTS) is 1. The van der Waals surface area contributed by atoms with E-state index in [2.05, 4.69) is 6.58 Å². The molecule has 0 saturated carbocycles. The summed E-state index contributed by atoms with van der Waals surface area (Å²) in [5.74, 6) is -1.09. The Morgan fingerprint density at radius 1 is 1.42 bits per heavy atom. The summed E-state index contributed by atoms with van der Waals surface area (Å²) in [5.41, 5.74) is 0.208. The second-order valence-corrected chi connectivity index (χ2v) is 3.10.